The van der Waals surface area contributed by atoms with Gasteiger partial charge in [0.25, 0.3) is 0 Å². The highest BCUT2D eigenvalue weighted by atomic mass is 32.2. The Labute approximate surface area is 186 Å². The first-order chi connectivity index (χ1) is 14.5. The van der Waals surface area contributed by atoms with Crippen molar-refractivity contribution in [3.8, 4) is 0 Å². The summed E-state index contributed by atoms with van der Waals surface area (Å²) in [5, 5.41) is 4.93. The third-order valence-electron chi connectivity index (χ3n) is 6.36. The normalized spacial score (nSPS) is 18.2. The van der Waals surface area contributed by atoms with E-state index in [0.29, 0.717) is 16.6 Å². The molecule has 2 aromatic heterocycles. The van der Waals surface area contributed by atoms with E-state index in [9.17, 15) is 4.21 Å². The van der Waals surface area contributed by atoms with Crippen LogP contribution >= 0.6 is 0 Å². The monoisotopic (exact) mass is 438 g/mol. The minimum absolute atomic E-state index is 0.0521. The molecule has 0 bridgehead atoms. The zero-order chi connectivity index (χ0) is 22.4. The van der Waals surface area contributed by atoms with E-state index in [-0.39, 0.29) is 5.41 Å². The van der Waals surface area contributed by atoms with E-state index in [1.54, 1.807) is 0 Å². The Morgan fingerprint density at radius 3 is 2.35 bits per heavy atom. The molecule has 1 atom stereocenters. The molecule has 1 saturated heterocycles. The van der Waals surface area contributed by atoms with Crippen LogP contribution in [0.4, 0.5) is 5.82 Å². The van der Waals surface area contributed by atoms with Crippen molar-refractivity contribution in [3.63, 3.8) is 0 Å². The first-order valence-corrected chi connectivity index (χ1v) is 12.7. The number of nitrogens with zero attached hydrogens (tertiary/aromatic N) is 3. The topological polar surface area (TPSA) is 49.6 Å². The van der Waals surface area contributed by atoms with E-state index in [1.165, 1.54) is 5.56 Å². The molecule has 1 fully saturated rings. The quantitative estimate of drug-likeness (QED) is 0.592. The van der Waals surface area contributed by atoms with Crippen LogP contribution in [-0.2, 0) is 15.1 Å². The summed E-state index contributed by atoms with van der Waals surface area (Å²) in [6.07, 6.45) is 2.24. The van der Waals surface area contributed by atoms with Gasteiger partial charge < -0.3 is 4.90 Å². The first kappa shape index (κ1) is 21.9. The van der Waals surface area contributed by atoms with Crippen molar-refractivity contribution < 1.29 is 4.21 Å². The van der Waals surface area contributed by atoms with Gasteiger partial charge in [0.1, 0.15) is 5.82 Å². The van der Waals surface area contributed by atoms with Crippen molar-refractivity contribution in [2.24, 2.45) is 0 Å². The number of likely N-dealkylation sites (tertiary alicyclic amines) is 1. The molecular weight excluding hydrogens is 404 g/mol. The van der Waals surface area contributed by atoms with Crippen LogP contribution in [0.1, 0.15) is 56.4 Å². The molecule has 1 N–H and O–H groups in total. The van der Waals surface area contributed by atoms with E-state index in [0.717, 1.165) is 42.7 Å². The summed E-state index contributed by atoms with van der Waals surface area (Å²) in [7, 11) is -0.549. The number of nitrogens with one attached hydrogen (secondary N) is 1. The second kappa shape index (κ2) is 7.99. The molecule has 3 heterocycles. The molecule has 0 radical (unpaired) electrons. The highest BCUT2D eigenvalue weighted by molar-refractivity contribution is 8.01. The van der Waals surface area contributed by atoms with Gasteiger partial charge in [0, 0.05) is 10.8 Å². The number of piperidine rings is 1. The van der Waals surface area contributed by atoms with Gasteiger partial charge in [-0.05, 0) is 86.6 Å². The van der Waals surface area contributed by atoms with Crippen LogP contribution in [-0.4, -0.2) is 44.7 Å². The van der Waals surface area contributed by atoms with E-state index in [1.807, 2.05) is 34.8 Å². The summed E-state index contributed by atoms with van der Waals surface area (Å²) in [6, 6.07) is 14.1. The zero-order valence-electron chi connectivity index (χ0n) is 19.3. The predicted molar refractivity (Wildman–Crippen MR) is 132 cm³/mol. The van der Waals surface area contributed by atoms with Crippen LogP contribution in [0.15, 0.2) is 47.4 Å². The average Bonchev–Trinajstić information content (AvgIpc) is 3.17. The Bertz CT molecular complexity index is 1180. The number of anilines is 1. The van der Waals surface area contributed by atoms with Crippen LogP contribution in [0, 0.1) is 6.92 Å². The highest BCUT2D eigenvalue weighted by Crippen LogP contribution is 2.30. The molecule has 0 amide bonds. The summed E-state index contributed by atoms with van der Waals surface area (Å²) in [6.45, 7) is 10.8. The highest BCUT2D eigenvalue weighted by Gasteiger charge is 2.22. The number of benzene rings is 1. The lowest BCUT2D eigenvalue weighted by Gasteiger charge is -2.27. The van der Waals surface area contributed by atoms with E-state index < -0.39 is 9.71 Å². The third kappa shape index (κ3) is 4.51. The lowest BCUT2D eigenvalue weighted by molar-refractivity contribution is 0.253. The van der Waals surface area contributed by atoms with Crippen molar-refractivity contribution >= 4 is 26.9 Å². The molecule has 5 nitrogen and oxygen atoms in total. The number of hydrogen-bond donors (Lipinski definition) is 1. The molecule has 1 aliphatic heterocycles. The Morgan fingerprint density at radius 1 is 1.10 bits per heavy atom. The molecule has 0 aliphatic carbocycles. The molecule has 0 spiro atoms. The Balaban J connectivity index is 1.65. The van der Waals surface area contributed by atoms with Crippen LogP contribution < -0.4 is 4.72 Å². The number of fused-ring (bicyclic) bond motifs is 1. The maximum atomic E-state index is 13.5. The number of hydrogen-bond acceptors (Lipinski definition) is 3. The van der Waals surface area contributed by atoms with Gasteiger partial charge in [-0.25, -0.2) is 8.72 Å². The molecule has 3 aromatic rings. The number of aryl methyl sites for hydroxylation is 1. The summed E-state index contributed by atoms with van der Waals surface area (Å²) in [5.41, 5.74) is 4.59. The fraction of sp³-hybridized carbons (Fsp3) is 0.440. The zero-order valence-corrected chi connectivity index (χ0v) is 20.1. The Kier molecular flexibility index (Phi) is 5.64. The largest absolute Gasteiger partial charge is 0.306 e. The molecule has 31 heavy (non-hydrogen) atoms. The molecule has 1 aliphatic rings. The van der Waals surface area contributed by atoms with Crippen molar-refractivity contribution in [2.45, 2.75) is 56.8 Å². The molecule has 1 aromatic carbocycles. The van der Waals surface area contributed by atoms with Crippen molar-refractivity contribution in [2.75, 3.05) is 24.9 Å². The summed E-state index contributed by atoms with van der Waals surface area (Å²) < 4.78 is 18.6. The Morgan fingerprint density at radius 2 is 1.74 bits per heavy atom. The second-order valence-electron chi connectivity index (χ2n) is 9.90. The molecule has 0 saturated carbocycles. The Hall–Kier alpha value is -2.31. The fourth-order valence-corrected chi connectivity index (χ4v) is 5.39. The van der Waals surface area contributed by atoms with E-state index in [2.05, 4.69) is 62.4 Å². The summed E-state index contributed by atoms with van der Waals surface area (Å²) in [4.78, 5) is 3.06. The van der Waals surface area contributed by atoms with E-state index in [4.69, 9.17) is 5.10 Å². The maximum Gasteiger partial charge on any atom is 0.139 e. The smallest absolute Gasteiger partial charge is 0.139 e. The van der Waals surface area contributed by atoms with Crippen molar-refractivity contribution in [1.82, 2.24) is 14.5 Å². The number of aromatic nitrogens is 2. The standard InChI is InChI=1S/C25H34N4OS/c1-18-7-12-24(27-31(6,30)21-10-8-20(9-11-21)25(2,3)4)29-23(18)17-22(26-29)19-13-15-28(5)16-14-19/h7-12,17,19H,6,13-16H2,1-5H3,(H,27,30). The third-order valence-corrected chi connectivity index (χ3v) is 7.93. The molecule has 4 rings (SSSR count). The number of rotatable bonds is 4. The van der Waals surface area contributed by atoms with Crippen LogP contribution in [0.3, 0.4) is 0 Å². The summed E-state index contributed by atoms with van der Waals surface area (Å²) >= 11 is 0. The number of pyridine rings is 1. The molecular formula is C25H34N4OS. The lowest BCUT2D eigenvalue weighted by atomic mass is 9.87. The second-order valence-corrected chi connectivity index (χ2v) is 11.9. The van der Waals surface area contributed by atoms with Gasteiger partial charge in [0.2, 0.25) is 0 Å². The average molecular weight is 439 g/mol. The SMILES string of the molecule is C=S(=O)(Nc1ccc(C)c2cc(C3CCN(C)CC3)nn12)c1ccc(C(C)(C)C)cc1. The van der Waals surface area contributed by atoms with Gasteiger partial charge in [-0.2, -0.15) is 5.10 Å². The summed E-state index contributed by atoms with van der Waals surface area (Å²) in [5.74, 6) is 5.21. The van der Waals surface area contributed by atoms with Crippen LogP contribution in [0.25, 0.3) is 5.52 Å². The van der Waals surface area contributed by atoms with Gasteiger partial charge in [-0.3, -0.25) is 4.72 Å². The first-order valence-electron chi connectivity index (χ1n) is 11.0. The predicted octanol–water partition coefficient (Wildman–Crippen LogP) is 4.85. The van der Waals surface area contributed by atoms with Crippen molar-refractivity contribution in [1.29, 1.82) is 0 Å². The maximum absolute atomic E-state index is 13.5. The lowest BCUT2D eigenvalue weighted by Crippen LogP contribution is -2.29. The van der Waals surface area contributed by atoms with Gasteiger partial charge in [-0.15, -0.1) is 0 Å². The van der Waals surface area contributed by atoms with E-state index >= 15 is 0 Å². The minimum Gasteiger partial charge on any atom is -0.306 e. The van der Waals surface area contributed by atoms with Crippen LogP contribution in [0.2, 0.25) is 0 Å². The van der Waals surface area contributed by atoms with Gasteiger partial charge >= 0.3 is 0 Å². The van der Waals surface area contributed by atoms with Gasteiger partial charge in [0.05, 0.1) is 20.9 Å². The van der Waals surface area contributed by atoms with Crippen LogP contribution in [0.5, 0.6) is 0 Å². The molecule has 166 valence electrons. The fourth-order valence-electron chi connectivity index (χ4n) is 4.21. The van der Waals surface area contributed by atoms with Gasteiger partial charge in [0.15, 0.2) is 0 Å². The minimum atomic E-state index is -2.72. The van der Waals surface area contributed by atoms with Gasteiger partial charge in [-0.1, -0.05) is 39.0 Å². The van der Waals surface area contributed by atoms with Crippen molar-refractivity contribution in [3.05, 3.63) is 59.3 Å². The molecule has 1 unspecified atom stereocenters. The molecule has 6 heteroatoms.